The number of aromatic hydroxyl groups is 1. The molecule has 0 spiro atoms. The van der Waals surface area contributed by atoms with Crippen molar-refractivity contribution in [2.24, 2.45) is 0 Å². The van der Waals surface area contributed by atoms with Crippen molar-refractivity contribution >= 4 is 46.5 Å². The number of hydrogen-bond acceptors (Lipinski definition) is 7. The zero-order valence-corrected chi connectivity index (χ0v) is 21.2. The summed E-state index contributed by atoms with van der Waals surface area (Å²) in [5, 5.41) is 12.3. The molecule has 0 radical (unpaired) electrons. The minimum Gasteiger partial charge on any atom is -0.504 e. The monoisotopic (exact) mass is 580 g/mol. The Morgan fingerprint density at radius 2 is 1.82 bits per heavy atom. The Balaban J connectivity index is 1.90. The molecule has 0 saturated carbocycles. The lowest BCUT2D eigenvalue weighted by molar-refractivity contribution is -0.130. The number of hydrogen-bond donors (Lipinski definition) is 2. The third kappa shape index (κ3) is 5.61. The maximum absolute atomic E-state index is 13.1. The van der Waals surface area contributed by atoms with E-state index >= 15 is 0 Å². The Hall–Kier alpha value is -3.28. The van der Waals surface area contributed by atoms with Crippen LogP contribution in [0.1, 0.15) is 31.4 Å². The summed E-state index contributed by atoms with van der Waals surface area (Å²) in [6.45, 7) is 4.55. The molecule has 1 heterocycles. The van der Waals surface area contributed by atoms with Crippen molar-refractivity contribution in [3.8, 4) is 23.0 Å². The van der Waals surface area contributed by atoms with Gasteiger partial charge in [-0.2, -0.15) is 0 Å². The molecule has 1 aliphatic rings. The van der Waals surface area contributed by atoms with Crippen molar-refractivity contribution in [3.05, 3.63) is 50.6 Å². The van der Waals surface area contributed by atoms with Gasteiger partial charge >= 0.3 is 6.03 Å². The lowest BCUT2D eigenvalue weighted by atomic mass is 10.1. The Morgan fingerprint density at radius 1 is 1.06 bits per heavy atom. The number of barbiturate groups is 1. The summed E-state index contributed by atoms with van der Waals surface area (Å²) in [7, 11) is 1.51. The highest BCUT2D eigenvalue weighted by Crippen LogP contribution is 2.34. The van der Waals surface area contributed by atoms with E-state index in [0.29, 0.717) is 39.4 Å². The third-order valence-corrected chi connectivity index (χ3v) is 5.70. The van der Waals surface area contributed by atoms with E-state index in [1.165, 1.54) is 19.3 Å². The van der Waals surface area contributed by atoms with Crippen molar-refractivity contribution in [1.82, 2.24) is 10.2 Å². The number of nitrogens with zero attached hydrogens (tertiary/aromatic N) is 1. The lowest BCUT2D eigenvalue weighted by Gasteiger charge is -2.26. The van der Waals surface area contributed by atoms with Crippen molar-refractivity contribution < 1.29 is 33.7 Å². The van der Waals surface area contributed by atoms with E-state index in [9.17, 15) is 19.5 Å². The van der Waals surface area contributed by atoms with Crippen molar-refractivity contribution in [2.75, 3.05) is 20.3 Å². The summed E-state index contributed by atoms with van der Waals surface area (Å²) >= 11 is 1.93. The topological polar surface area (TPSA) is 114 Å². The van der Waals surface area contributed by atoms with Crippen LogP contribution in [-0.4, -0.2) is 48.2 Å². The predicted octanol–water partition coefficient (Wildman–Crippen LogP) is 3.85. The highest BCUT2D eigenvalue weighted by Gasteiger charge is 2.36. The summed E-state index contributed by atoms with van der Waals surface area (Å²) in [6.07, 6.45) is 2.20. The van der Waals surface area contributed by atoms with E-state index in [1.54, 1.807) is 31.2 Å². The largest absolute Gasteiger partial charge is 0.504 e. The van der Waals surface area contributed by atoms with E-state index in [0.717, 1.165) is 11.3 Å². The molecule has 2 N–H and O–H groups in total. The second-order valence-corrected chi connectivity index (χ2v) is 8.49. The highest BCUT2D eigenvalue weighted by molar-refractivity contribution is 14.1. The molecule has 1 aliphatic heterocycles. The quantitative estimate of drug-likeness (QED) is 0.263. The number of ether oxygens (including phenoxy) is 3. The molecule has 2 aromatic carbocycles. The Bertz CT molecular complexity index is 1150. The molecule has 10 heteroatoms. The molecule has 0 unspecified atom stereocenters. The first-order valence-electron chi connectivity index (χ1n) is 10.6. The van der Waals surface area contributed by atoms with Crippen molar-refractivity contribution in [3.63, 3.8) is 0 Å². The van der Waals surface area contributed by atoms with Crippen LogP contribution < -0.4 is 19.5 Å². The predicted molar refractivity (Wildman–Crippen MR) is 133 cm³/mol. The molecule has 3 rings (SSSR count). The maximum Gasteiger partial charge on any atom is 0.331 e. The smallest absolute Gasteiger partial charge is 0.331 e. The van der Waals surface area contributed by atoms with Crippen LogP contribution in [0.2, 0.25) is 0 Å². The number of imide groups is 2. The number of methoxy groups -OCH3 is 1. The molecule has 2 aromatic rings. The van der Waals surface area contributed by atoms with Gasteiger partial charge in [0.05, 0.1) is 30.4 Å². The van der Waals surface area contributed by atoms with Gasteiger partial charge in [0.15, 0.2) is 23.0 Å². The molecule has 4 amide bonds. The summed E-state index contributed by atoms with van der Waals surface area (Å²) < 4.78 is 16.9. The van der Waals surface area contributed by atoms with Crippen LogP contribution in [0.25, 0.3) is 6.08 Å². The molecule has 180 valence electrons. The van der Waals surface area contributed by atoms with Gasteiger partial charge in [-0.15, -0.1) is 0 Å². The van der Waals surface area contributed by atoms with Gasteiger partial charge in [0.2, 0.25) is 0 Å². The van der Waals surface area contributed by atoms with Crippen molar-refractivity contribution in [2.45, 2.75) is 26.8 Å². The molecular weight excluding hydrogens is 555 g/mol. The second kappa shape index (κ2) is 11.2. The lowest BCUT2D eigenvalue weighted by Crippen LogP contribution is -2.53. The first-order valence-corrected chi connectivity index (χ1v) is 11.7. The molecule has 0 atom stereocenters. The maximum atomic E-state index is 13.1. The number of phenolic OH excluding ortho intramolecular Hbond substituents is 1. The van der Waals surface area contributed by atoms with Crippen LogP contribution in [-0.2, 0) is 16.1 Å². The Kier molecular flexibility index (Phi) is 8.37. The normalized spacial score (nSPS) is 14.9. The molecule has 34 heavy (non-hydrogen) atoms. The van der Waals surface area contributed by atoms with E-state index in [1.807, 2.05) is 29.5 Å². The van der Waals surface area contributed by atoms with E-state index in [2.05, 4.69) is 5.32 Å². The first kappa shape index (κ1) is 25.3. The van der Waals surface area contributed by atoms with Gasteiger partial charge in [-0.05, 0) is 77.4 Å². The van der Waals surface area contributed by atoms with Crippen LogP contribution >= 0.6 is 22.6 Å². The van der Waals surface area contributed by atoms with Crippen LogP contribution in [0.3, 0.4) is 0 Å². The van der Waals surface area contributed by atoms with Crippen LogP contribution in [0, 0.1) is 3.57 Å². The van der Waals surface area contributed by atoms with Gasteiger partial charge < -0.3 is 19.3 Å². The molecule has 0 aliphatic carbocycles. The minimum atomic E-state index is -0.812. The second-order valence-electron chi connectivity index (χ2n) is 7.32. The summed E-state index contributed by atoms with van der Waals surface area (Å²) in [5.74, 6) is -0.292. The van der Waals surface area contributed by atoms with Gasteiger partial charge in [-0.3, -0.25) is 19.8 Å². The third-order valence-electron chi connectivity index (χ3n) is 4.88. The molecular formula is C24H25IN2O7. The molecule has 1 fully saturated rings. The minimum absolute atomic E-state index is 0.0267. The van der Waals surface area contributed by atoms with Gasteiger partial charge in [0, 0.05) is 0 Å². The number of rotatable bonds is 9. The molecule has 1 saturated heterocycles. The average Bonchev–Trinajstić information content (AvgIpc) is 2.81. The van der Waals surface area contributed by atoms with Gasteiger partial charge in [-0.25, -0.2) is 4.79 Å². The average molecular weight is 580 g/mol. The zero-order chi connectivity index (χ0) is 24.8. The number of benzene rings is 2. The number of carbonyl (C=O) groups is 3. The number of urea groups is 1. The van der Waals surface area contributed by atoms with Crippen molar-refractivity contribution in [1.29, 1.82) is 0 Å². The Labute approximate surface area is 210 Å². The number of halogens is 1. The molecule has 9 nitrogen and oxygen atoms in total. The van der Waals surface area contributed by atoms with Gasteiger partial charge in [-0.1, -0.05) is 13.0 Å². The standard InChI is InChI=1S/C24H25IN2O7/c1-4-8-34-18-7-6-14(11-19(18)32-3)13-27-23(30)16(22(29)26-24(27)31)9-15-10-17(25)21(28)20(12-15)33-5-2/h6-7,9-12,28H,4-5,8,13H2,1-3H3,(H,26,29,31)/b16-9+. The molecule has 0 aromatic heterocycles. The fourth-order valence-electron chi connectivity index (χ4n) is 3.27. The van der Waals surface area contributed by atoms with E-state index < -0.39 is 17.8 Å². The number of nitrogens with one attached hydrogen (secondary N) is 1. The van der Waals surface area contributed by atoms with Crippen LogP contribution in [0.15, 0.2) is 35.9 Å². The SMILES string of the molecule is CCCOc1ccc(CN2C(=O)NC(=O)/C(=C\c3cc(I)c(O)c(OCC)c3)C2=O)cc1OC. The first-order chi connectivity index (χ1) is 16.3. The number of phenols is 1. The number of carbonyl (C=O) groups excluding carboxylic acids is 3. The zero-order valence-electron chi connectivity index (χ0n) is 19.0. The number of amides is 4. The Morgan fingerprint density at radius 3 is 2.50 bits per heavy atom. The summed E-state index contributed by atoms with van der Waals surface area (Å²) in [5.41, 5.74) is 0.881. The summed E-state index contributed by atoms with van der Waals surface area (Å²) in [6, 6.07) is 7.44. The highest BCUT2D eigenvalue weighted by atomic mass is 127. The van der Waals surface area contributed by atoms with Gasteiger partial charge in [0.1, 0.15) is 5.57 Å². The fourth-order valence-corrected chi connectivity index (χ4v) is 3.90. The van der Waals surface area contributed by atoms with E-state index in [-0.39, 0.29) is 23.6 Å². The fraction of sp³-hybridized carbons (Fsp3) is 0.292. The van der Waals surface area contributed by atoms with E-state index in [4.69, 9.17) is 14.2 Å². The molecule has 0 bridgehead atoms. The summed E-state index contributed by atoms with van der Waals surface area (Å²) in [4.78, 5) is 39.0. The van der Waals surface area contributed by atoms with Gasteiger partial charge in [0.25, 0.3) is 11.8 Å². The van der Waals surface area contributed by atoms with Crippen LogP contribution in [0.5, 0.6) is 23.0 Å². The van der Waals surface area contributed by atoms with Crippen LogP contribution in [0.4, 0.5) is 4.79 Å².